The summed E-state index contributed by atoms with van der Waals surface area (Å²) in [5, 5.41) is 11.6. The number of aliphatic hydroxyl groups excluding tert-OH is 1. The van der Waals surface area contributed by atoms with E-state index in [4.69, 9.17) is 21.1 Å². The van der Waals surface area contributed by atoms with Gasteiger partial charge in [0.25, 0.3) is 11.7 Å². The highest BCUT2D eigenvalue weighted by Crippen LogP contribution is 2.40. The first kappa shape index (κ1) is 21.4. The lowest BCUT2D eigenvalue weighted by Gasteiger charge is -2.27. The highest BCUT2D eigenvalue weighted by Gasteiger charge is 2.47. The van der Waals surface area contributed by atoms with Gasteiger partial charge in [0.15, 0.2) is 0 Å². The van der Waals surface area contributed by atoms with Crippen molar-refractivity contribution in [2.45, 2.75) is 31.9 Å². The van der Waals surface area contributed by atoms with Crippen molar-refractivity contribution in [3.63, 3.8) is 0 Å². The average Bonchev–Trinajstić information content (AvgIpc) is 3.36. The van der Waals surface area contributed by atoms with Crippen LogP contribution in [-0.2, 0) is 14.3 Å². The molecule has 2 fully saturated rings. The number of ketones is 1. The number of likely N-dealkylation sites (tertiary alicyclic amines) is 1. The molecule has 0 radical (unpaired) electrons. The third kappa shape index (κ3) is 4.31. The fourth-order valence-electron chi connectivity index (χ4n) is 4.13. The van der Waals surface area contributed by atoms with Crippen molar-refractivity contribution in [2.75, 3.05) is 19.8 Å². The van der Waals surface area contributed by atoms with Crippen molar-refractivity contribution in [1.82, 2.24) is 4.90 Å². The number of hydrogen-bond donors (Lipinski definition) is 1. The molecule has 0 bridgehead atoms. The molecule has 1 N–H and O–H groups in total. The van der Waals surface area contributed by atoms with Gasteiger partial charge in [-0.1, -0.05) is 23.7 Å². The van der Waals surface area contributed by atoms with E-state index in [-0.39, 0.29) is 24.0 Å². The number of ether oxygens (including phenoxy) is 2. The van der Waals surface area contributed by atoms with Crippen molar-refractivity contribution >= 4 is 29.1 Å². The third-order valence-electron chi connectivity index (χ3n) is 5.57. The molecule has 2 aromatic rings. The van der Waals surface area contributed by atoms with E-state index < -0.39 is 17.7 Å². The van der Waals surface area contributed by atoms with Gasteiger partial charge in [0.05, 0.1) is 24.3 Å². The minimum atomic E-state index is -0.741. The monoisotopic (exact) mass is 441 g/mol. The summed E-state index contributed by atoms with van der Waals surface area (Å²) in [5.74, 6) is -0.923. The molecule has 0 saturated carbocycles. The number of rotatable bonds is 6. The van der Waals surface area contributed by atoms with Gasteiger partial charge >= 0.3 is 0 Å². The van der Waals surface area contributed by atoms with Crippen LogP contribution in [0.4, 0.5) is 0 Å². The molecular weight excluding hydrogens is 418 g/mol. The lowest BCUT2D eigenvalue weighted by Crippen LogP contribution is -2.36. The van der Waals surface area contributed by atoms with E-state index in [1.54, 1.807) is 48.5 Å². The Kier molecular flexibility index (Phi) is 6.30. The number of Topliss-reactive ketones (excluding diaryl/α,β-unsaturated/α-hetero) is 1. The van der Waals surface area contributed by atoms with Crippen LogP contribution in [0.15, 0.2) is 54.1 Å². The van der Waals surface area contributed by atoms with Gasteiger partial charge in [0.1, 0.15) is 11.5 Å². The molecule has 2 atom stereocenters. The summed E-state index contributed by atoms with van der Waals surface area (Å²) in [6.07, 6.45) is 1.61. The van der Waals surface area contributed by atoms with E-state index in [9.17, 15) is 14.7 Å². The van der Waals surface area contributed by atoms with E-state index in [1.807, 2.05) is 6.92 Å². The molecule has 2 heterocycles. The van der Waals surface area contributed by atoms with E-state index in [0.29, 0.717) is 35.1 Å². The van der Waals surface area contributed by atoms with Crippen LogP contribution in [0.25, 0.3) is 5.76 Å². The average molecular weight is 442 g/mol. The van der Waals surface area contributed by atoms with E-state index >= 15 is 0 Å². The summed E-state index contributed by atoms with van der Waals surface area (Å²) in [6, 6.07) is 13.0. The van der Waals surface area contributed by atoms with Crippen LogP contribution in [0.2, 0.25) is 5.02 Å². The Morgan fingerprint density at radius 1 is 1.23 bits per heavy atom. The minimum absolute atomic E-state index is 0.0504. The van der Waals surface area contributed by atoms with Gasteiger partial charge in [0, 0.05) is 23.7 Å². The highest BCUT2D eigenvalue weighted by atomic mass is 35.5. The lowest BCUT2D eigenvalue weighted by molar-refractivity contribution is -0.140. The van der Waals surface area contributed by atoms with Crippen molar-refractivity contribution < 1.29 is 24.2 Å². The van der Waals surface area contributed by atoms with Crippen LogP contribution in [0.3, 0.4) is 0 Å². The largest absolute Gasteiger partial charge is 0.507 e. The summed E-state index contributed by atoms with van der Waals surface area (Å²) in [6.45, 7) is 3.33. The predicted molar refractivity (Wildman–Crippen MR) is 117 cm³/mol. The minimum Gasteiger partial charge on any atom is -0.507 e. The first-order chi connectivity index (χ1) is 15.0. The first-order valence-corrected chi connectivity index (χ1v) is 10.8. The van der Waals surface area contributed by atoms with Gasteiger partial charge in [0.2, 0.25) is 0 Å². The van der Waals surface area contributed by atoms with Gasteiger partial charge in [-0.15, -0.1) is 0 Å². The van der Waals surface area contributed by atoms with Gasteiger partial charge in [-0.05, 0) is 61.7 Å². The maximum Gasteiger partial charge on any atom is 0.295 e. The molecule has 0 aliphatic carbocycles. The Balaban J connectivity index is 1.78. The van der Waals surface area contributed by atoms with Crippen LogP contribution >= 0.6 is 11.6 Å². The fraction of sp³-hybridized carbons (Fsp3) is 0.333. The van der Waals surface area contributed by atoms with Crippen molar-refractivity contribution in [3.8, 4) is 5.75 Å². The zero-order valence-corrected chi connectivity index (χ0v) is 18.0. The Hall–Kier alpha value is -2.83. The number of amides is 1. The molecule has 7 heteroatoms. The van der Waals surface area contributed by atoms with Crippen LogP contribution in [0.5, 0.6) is 5.75 Å². The molecule has 2 aromatic carbocycles. The van der Waals surface area contributed by atoms with Gasteiger partial charge in [-0.3, -0.25) is 9.59 Å². The number of nitrogens with zero attached hydrogens (tertiary/aromatic N) is 1. The van der Waals surface area contributed by atoms with E-state index in [0.717, 1.165) is 12.8 Å². The van der Waals surface area contributed by atoms with Gasteiger partial charge < -0.3 is 19.5 Å². The second-order valence-corrected chi connectivity index (χ2v) is 8.04. The Morgan fingerprint density at radius 2 is 2.00 bits per heavy atom. The van der Waals surface area contributed by atoms with Crippen LogP contribution in [0, 0.1) is 0 Å². The summed E-state index contributed by atoms with van der Waals surface area (Å²) in [7, 11) is 0. The number of aliphatic hydroxyl groups is 1. The molecule has 2 aliphatic rings. The molecule has 2 saturated heterocycles. The molecule has 6 nitrogen and oxygen atoms in total. The number of halogens is 1. The number of benzene rings is 2. The summed E-state index contributed by atoms with van der Waals surface area (Å²) in [5.41, 5.74) is 1.15. The summed E-state index contributed by atoms with van der Waals surface area (Å²) < 4.78 is 11.1. The topological polar surface area (TPSA) is 76.1 Å². The van der Waals surface area contributed by atoms with Crippen molar-refractivity contribution in [3.05, 3.63) is 70.3 Å². The third-order valence-corrected chi connectivity index (χ3v) is 5.80. The summed E-state index contributed by atoms with van der Waals surface area (Å²) in [4.78, 5) is 27.5. The highest BCUT2D eigenvalue weighted by molar-refractivity contribution is 6.46. The van der Waals surface area contributed by atoms with Crippen LogP contribution < -0.4 is 4.74 Å². The molecule has 4 rings (SSSR count). The standard InChI is InChI=1S/C24H24ClNO5/c1-2-30-18-10-8-15(9-11-18)22(27)20-21(16-5-3-6-17(25)13-16)26(24(29)23(20)28)14-19-7-4-12-31-19/h3,5-6,8-11,13,19,21,27H,2,4,7,12,14H2,1H3. The van der Waals surface area contributed by atoms with Crippen molar-refractivity contribution in [1.29, 1.82) is 0 Å². The first-order valence-electron chi connectivity index (χ1n) is 10.4. The predicted octanol–water partition coefficient (Wildman–Crippen LogP) is 4.34. The molecule has 31 heavy (non-hydrogen) atoms. The number of carbonyl (C=O) groups excluding carboxylic acids is 2. The quantitative estimate of drug-likeness (QED) is 0.410. The molecule has 0 aromatic heterocycles. The second kappa shape index (κ2) is 9.12. The molecule has 1 amide bonds. The van der Waals surface area contributed by atoms with Crippen molar-refractivity contribution in [2.24, 2.45) is 0 Å². The maximum absolute atomic E-state index is 13.0. The second-order valence-electron chi connectivity index (χ2n) is 7.60. The zero-order valence-electron chi connectivity index (χ0n) is 17.2. The molecule has 0 spiro atoms. The number of hydrogen-bond acceptors (Lipinski definition) is 5. The van der Waals surface area contributed by atoms with Crippen LogP contribution in [-0.4, -0.2) is 47.6 Å². The zero-order chi connectivity index (χ0) is 22.0. The summed E-state index contributed by atoms with van der Waals surface area (Å²) >= 11 is 6.20. The molecular formula is C24H24ClNO5. The Morgan fingerprint density at radius 3 is 2.65 bits per heavy atom. The molecule has 162 valence electrons. The lowest BCUT2D eigenvalue weighted by atomic mass is 9.95. The Bertz CT molecular complexity index is 1010. The molecule has 2 unspecified atom stereocenters. The Labute approximate surface area is 186 Å². The van der Waals surface area contributed by atoms with Crippen LogP contribution in [0.1, 0.15) is 36.9 Å². The maximum atomic E-state index is 13.0. The SMILES string of the molecule is CCOc1ccc(C(O)=C2C(=O)C(=O)N(CC3CCCO3)C2c2cccc(Cl)c2)cc1. The van der Waals surface area contributed by atoms with Gasteiger partial charge in [-0.25, -0.2) is 0 Å². The number of carbonyl (C=O) groups is 2. The van der Waals surface area contributed by atoms with Gasteiger partial charge in [-0.2, -0.15) is 0 Å². The fourth-order valence-corrected chi connectivity index (χ4v) is 4.33. The van der Waals surface area contributed by atoms with E-state index in [2.05, 4.69) is 0 Å². The molecule has 2 aliphatic heterocycles. The van der Waals surface area contributed by atoms with E-state index in [1.165, 1.54) is 4.90 Å². The smallest absolute Gasteiger partial charge is 0.295 e. The normalized spacial score (nSPS) is 22.8.